The topological polar surface area (TPSA) is 390 Å². The van der Waals surface area contributed by atoms with Gasteiger partial charge < -0.3 is 64.6 Å². The lowest BCUT2D eigenvalue weighted by atomic mass is 10.0. The highest BCUT2D eigenvalue weighted by molar-refractivity contribution is 7.47. The normalized spacial score (nSPS) is 34.7. The standard InChI is InChI=1S/C38H48N10O19P2/c1-4-18-12-58-69(56,57)67-27-22(13-59-68(54,55)66-21(11-49)33(60-18)48-16-43-24-30(48)45-37(39)46-31(24)52)61-34(25(27)51)47-15-42-23-28(40-14-41-29(23)47)44-32(63-35(53)17-8-6-5-7-9-17)26-19(50)10-20-36(62-26)65-38(2,3)64-20/h5-9,14-16,18-22,25-27,32-34,36,49-51H,4,10-13H2,1-3H3,(H,54,55)(H,56,57)(H,40,41,44)(H3,39,45,46,52)/t18?,19?,20?,21?,22?,25?,26-,27?,32?,33?,34?,36+/m0/s1. The average Bonchev–Trinajstić information content (AvgIpc) is 4.07. The van der Waals surface area contributed by atoms with Gasteiger partial charge in [-0.05, 0) is 32.4 Å². The number of benzene rings is 1. The zero-order chi connectivity index (χ0) is 49.0. The minimum absolute atomic E-state index is 0.00201. The number of aliphatic hydroxyl groups excluding tert-OH is 3. The number of nitrogen functional groups attached to an aromatic ring is 1. The summed E-state index contributed by atoms with van der Waals surface area (Å²) in [5, 5.41) is 36.6. The van der Waals surface area contributed by atoms with Crippen LogP contribution in [-0.2, 0) is 55.6 Å². The number of anilines is 2. The molecule has 14 atom stereocenters. The first-order chi connectivity index (χ1) is 32.8. The molecule has 4 saturated heterocycles. The second kappa shape index (κ2) is 19.4. The van der Waals surface area contributed by atoms with Crippen LogP contribution in [0.5, 0.6) is 0 Å². The number of phosphoric ester groups is 2. The van der Waals surface area contributed by atoms with Gasteiger partial charge in [0.05, 0.1) is 50.2 Å². The van der Waals surface area contributed by atoms with Crippen LogP contribution in [-0.4, -0.2) is 157 Å². The van der Waals surface area contributed by atoms with E-state index in [0.29, 0.717) is 0 Å². The molecule has 9 N–H and O–H groups in total. The smallest absolute Gasteiger partial charge is 0.435 e. The Hall–Kier alpha value is -4.91. The second-order valence-corrected chi connectivity index (χ2v) is 19.5. The number of hydrogen-bond acceptors (Lipinski definition) is 24. The number of carbonyl (C=O) groups is 1. The highest BCUT2D eigenvalue weighted by atomic mass is 31.2. The van der Waals surface area contributed by atoms with E-state index < -0.39 is 127 Å². The lowest BCUT2D eigenvalue weighted by molar-refractivity contribution is -0.243. The van der Waals surface area contributed by atoms with Gasteiger partial charge >= 0.3 is 21.6 Å². The van der Waals surface area contributed by atoms with E-state index in [9.17, 15) is 43.8 Å². The molecule has 0 amide bonds. The van der Waals surface area contributed by atoms with E-state index in [4.69, 9.17) is 52.2 Å². The summed E-state index contributed by atoms with van der Waals surface area (Å²) in [6.45, 7) is 2.36. The maximum absolute atomic E-state index is 13.6. The number of nitrogens with zero attached hydrogens (tertiary/aromatic N) is 7. The summed E-state index contributed by atoms with van der Waals surface area (Å²) >= 11 is 0. The van der Waals surface area contributed by atoms with Gasteiger partial charge in [-0.2, -0.15) is 4.98 Å². The number of phosphoric acid groups is 2. The number of imidazole rings is 2. The summed E-state index contributed by atoms with van der Waals surface area (Å²) in [5.41, 5.74) is 4.80. The highest BCUT2D eigenvalue weighted by Crippen LogP contribution is 2.52. The molecule has 4 aromatic heterocycles. The molecule has 8 heterocycles. The first kappa shape index (κ1) is 49.1. The average molecular weight is 1010 g/mol. The number of carbonyl (C=O) groups excluding carboxylic acids is 1. The zero-order valence-corrected chi connectivity index (χ0v) is 38.4. The van der Waals surface area contributed by atoms with E-state index in [2.05, 4.69) is 35.2 Å². The van der Waals surface area contributed by atoms with Crippen molar-refractivity contribution in [3.05, 3.63) is 65.2 Å². The van der Waals surface area contributed by atoms with E-state index in [1.807, 2.05) is 0 Å². The molecular formula is C38H48N10O19P2. The number of nitrogens with one attached hydrogen (secondary N) is 2. The number of H-pyrrole nitrogens is 1. The zero-order valence-electron chi connectivity index (χ0n) is 36.6. The summed E-state index contributed by atoms with van der Waals surface area (Å²) in [4.78, 5) is 71.5. The number of ether oxygens (including phenoxy) is 6. The number of aliphatic hydroxyl groups is 3. The number of nitrogens with two attached hydrogens (primary N) is 1. The Balaban J connectivity index is 0.993. The fraction of sp³-hybridized carbons (Fsp3) is 0.553. The predicted molar refractivity (Wildman–Crippen MR) is 229 cm³/mol. The van der Waals surface area contributed by atoms with Gasteiger partial charge in [0.15, 0.2) is 52.7 Å². The summed E-state index contributed by atoms with van der Waals surface area (Å²) in [6.07, 6.45) is -13.5. The van der Waals surface area contributed by atoms with Crippen molar-refractivity contribution in [2.75, 3.05) is 30.9 Å². The lowest BCUT2D eigenvalue weighted by Crippen LogP contribution is -2.54. The van der Waals surface area contributed by atoms with E-state index in [0.717, 1.165) is 17.2 Å². The van der Waals surface area contributed by atoms with Crippen LogP contribution in [0.1, 0.15) is 56.4 Å². The fourth-order valence-corrected chi connectivity index (χ4v) is 10.1. The lowest BCUT2D eigenvalue weighted by Gasteiger charge is -2.38. The molecule has 374 valence electrons. The summed E-state index contributed by atoms with van der Waals surface area (Å²) in [5.74, 6) is -2.19. The molecule has 12 unspecified atom stereocenters. The first-order valence-electron chi connectivity index (χ1n) is 21.4. The van der Waals surface area contributed by atoms with Gasteiger partial charge in [0, 0.05) is 6.42 Å². The third-order valence-corrected chi connectivity index (χ3v) is 13.4. The Kier molecular flexibility index (Phi) is 13.8. The Morgan fingerprint density at radius 2 is 1.65 bits per heavy atom. The summed E-state index contributed by atoms with van der Waals surface area (Å²) < 4.78 is 87.1. The molecule has 0 aliphatic carbocycles. The van der Waals surface area contributed by atoms with Gasteiger partial charge in [0.1, 0.15) is 43.0 Å². The number of esters is 1. The van der Waals surface area contributed by atoms with Gasteiger partial charge in [-0.15, -0.1) is 0 Å². The quantitative estimate of drug-likeness (QED) is 0.0560. The second-order valence-electron chi connectivity index (χ2n) is 16.6. The van der Waals surface area contributed by atoms with Crippen molar-refractivity contribution in [1.29, 1.82) is 0 Å². The molecule has 1 aromatic carbocycles. The van der Waals surface area contributed by atoms with Crippen molar-refractivity contribution < 1.29 is 85.5 Å². The predicted octanol–water partition coefficient (Wildman–Crippen LogP) is 0.327. The molecular weight excluding hydrogens is 962 g/mol. The Morgan fingerprint density at radius 3 is 2.39 bits per heavy atom. The minimum Gasteiger partial charge on any atom is -0.435 e. The van der Waals surface area contributed by atoms with Crippen LogP contribution in [0.2, 0.25) is 0 Å². The van der Waals surface area contributed by atoms with Crippen LogP contribution in [0.25, 0.3) is 22.3 Å². The van der Waals surface area contributed by atoms with Crippen LogP contribution < -0.4 is 16.6 Å². The molecule has 4 fully saturated rings. The molecule has 5 aromatic rings. The van der Waals surface area contributed by atoms with Gasteiger partial charge in [0.25, 0.3) is 5.56 Å². The Bertz CT molecular complexity index is 2820. The minimum atomic E-state index is -5.28. The largest absolute Gasteiger partial charge is 0.472 e. The summed E-state index contributed by atoms with van der Waals surface area (Å²) in [6, 6.07) is 8.05. The Morgan fingerprint density at radius 1 is 0.942 bits per heavy atom. The molecule has 0 radical (unpaired) electrons. The van der Waals surface area contributed by atoms with Gasteiger partial charge in [0.2, 0.25) is 12.2 Å². The van der Waals surface area contributed by atoms with Crippen LogP contribution in [0, 0.1) is 0 Å². The van der Waals surface area contributed by atoms with Gasteiger partial charge in [-0.3, -0.25) is 37.0 Å². The van der Waals surface area contributed by atoms with Crippen molar-refractivity contribution in [2.45, 2.75) is 113 Å². The van der Waals surface area contributed by atoms with E-state index in [1.165, 1.54) is 23.0 Å². The maximum Gasteiger partial charge on any atom is 0.472 e. The Labute approximate surface area is 388 Å². The molecule has 0 spiro atoms. The van der Waals surface area contributed by atoms with Crippen LogP contribution >= 0.6 is 15.6 Å². The number of hydrogen-bond donors (Lipinski definition) is 8. The maximum atomic E-state index is 13.6. The molecule has 9 rings (SSSR count). The monoisotopic (exact) mass is 1010 g/mol. The molecule has 4 aliphatic rings. The number of aromatic amines is 1. The van der Waals surface area contributed by atoms with Crippen molar-refractivity contribution in [3.63, 3.8) is 0 Å². The van der Waals surface area contributed by atoms with Crippen molar-refractivity contribution in [2.24, 2.45) is 0 Å². The molecule has 31 heteroatoms. The first-order valence-corrected chi connectivity index (χ1v) is 24.3. The van der Waals surface area contributed by atoms with Crippen molar-refractivity contribution >= 4 is 55.7 Å². The summed E-state index contributed by atoms with van der Waals surface area (Å²) in [7, 11) is -10.5. The third-order valence-electron chi connectivity index (χ3n) is 11.4. The van der Waals surface area contributed by atoms with Crippen molar-refractivity contribution in [3.8, 4) is 0 Å². The van der Waals surface area contributed by atoms with E-state index in [-0.39, 0.29) is 52.5 Å². The van der Waals surface area contributed by atoms with Crippen LogP contribution in [0.4, 0.5) is 11.8 Å². The molecule has 0 bridgehead atoms. The number of fused-ring (bicyclic) bond motifs is 4. The van der Waals surface area contributed by atoms with Crippen molar-refractivity contribution in [1.82, 2.24) is 39.0 Å². The molecule has 29 nitrogen and oxygen atoms in total. The fourth-order valence-electron chi connectivity index (χ4n) is 8.22. The SMILES string of the molecule is CCC1COP(=O)(O)OC2C(COP(=O)(O)OC(CO)C(n3cnc4c(=O)[nH]c(N)nc43)O1)OC(n1cnc3c(NC(OC(=O)c4ccccc4)[C@H]4O[C@@H]5OC(C)(C)OC5CC4O)ncnc31)C2O. The van der Waals surface area contributed by atoms with E-state index >= 15 is 0 Å². The van der Waals surface area contributed by atoms with E-state index in [1.54, 1.807) is 39.0 Å². The number of aromatic nitrogens is 8. The van der Waals surface area contributed by atoms with Crippen LogP contribution in [0.15, 0.2) is 54.1 Å². The molecule has 4 aliphatic heterocycles. The highest BCUT2D eigenvalue weighted by Gasteiger charge is 2.53. The van der Waals surface area contributed by atoms with Gasteiger partial charge in [-0.25, -0.2) is 33.9 Å². The van der Waals surface area contributed by atoms with Gasteiger partial charge in [-0.1, -0.05) is 25.1 Å². The van der Waals surface area contributed by atoms with Crippen LogP contribution in [0.3, 0.4) is 0 Å². The number of rotatable bonds is 9. The molecule has 0 saturated carbocycles. The molecule has 69 heavy (non-hydrogen) atoms. The third kappa shape index (κ3) is 10.3.